The molecule has 0 aromatic heterocycles. The van der Waals surface area contributed by atoms with Gasteiger partial charge in [-0.1, -0.05) is 50.2 Å². The Kier molecular flexibility index (Phi) is 4.70. The Morgan fingerprint density at radius 3 is 2.83 bits per heavy atom. The number of hydrogen-bond donors (Lipinski definition) is 1. The van der Waals surface area contributed by atoms with Gasteiger partial charge in [0.1, 0.15) is 0 Å². The molecule has 1 aliphatic heterocycles. The van der Waals surface area contributed by atoms with Crippen molar-refractivity contribution in [3.63, 3.8) is 0 Å². The van der Waals surface area contributed by atoms with E-state index in [2.05, 4.69) is 50.4 Å². The van der Waals surface area contributed by atoms with Gasteiger partial charge in [0.15, 0.2) is 5.17 Å². The fourth-order valence-electron chi connectivity index (χ4n) is 2.01. The number of nitrogens with one attached hydrogen (secondary N) is 1. The highest BCUT2D eigenvalue weighted by molar-refractivity contribution is 8.14. The van der Waals surface area contributed by atoms with Crippen molar-refractivity contribution in [3.05, 3.63) is 29.8 Å². The van der Waals surface area contributed by atoms with E-state index in [9.17, 15) is 0 Å². The van der Waals surface area contributed by atoms with Crippen molar-refractivity contribution >= 4 is 22.6 Å². The molecule has 0 bridgehead atoms. The second-order valence-corrected chi connectivity index (χ2v) is 6.00. The van der Waals surface area contributed by atoms with Crippen LogP contribution in [0, 0.1) is 5.92 Å². The summed E-state index contributed by atoms with van der Waals surface area (Å²) in [6.45, 7) is 6.68. The Balaban J connectivity index is 2.12. The van der Waals surface area contributed by atoms with Crippen LogP contribution in [0.15, 0.2) is 29.3 Å². The summed E-state index contributed by atoms with van der Waals surface area (Å²) in [4.78, 5) is 4.73. The number of para-hydroxylation sites is 1. The van der Waals surface area contributed by atoms with Gasteiger partial charge in [0, 0.05) is 11.4 Å². The van der Waals surface area contributed by atoms with Crippen LogP contribution in [0.1, 0.15) is 32.8 Å². The summed E-state index contributed by atoms with van der Waals surface area (Å²) in [6.07, 6.45) is 2.29. The first-order valence-electron chi connectivity index (χ1n) is 6.76. The lowest BCUT2D eigenvalue weighted by atomic mass is 10.1. The zero-order valence-corrected chi connectivity index (χ0v) is 12.3. The highest BCUT2D eigenvalue weighted by atomic mass is 32.2. The highest BCUT2D eigenvalue weighted by Crippen LogP contribution is 2.25. The van der Waals surface area contributed by atoms with Gasteiger partial charge in [0.25, 0.3) is 0 Å². The van der Waals surface area contributed by atoms with Crippen molar-refractivity contribution < 1.29 is 0 Å². The lowest BCUT2D eigenvalue weighted by molar-refractivity contribution is 0.537. The second kappa shape index (κ2) is 6.28. The average Bonchev–Trinajstić information content (AvgIpc) is 2.37. The van der Waals surface area contributed by atoms with Crippen molar-refractivity contribution in [1.29, 1.82) is 0 Å². The van der Waals surface area contributed by atoms with Gasteiger partial charge in [0.2, 0.25) is 0 Å². The number of hydrogen-bond acceptors (Lipinski definition) is 3. The minimum atomic E-state index is 0.423. The second-order valence-electron chi connectivity index (χ2n) is 5.00. The topological polar surface area (TPSA) is 24.4 Å². The number of benzene rings is 1. The van der Waals surface area contributed by atoms with Crippen LogP contribution >= 0.6 is 11.8 Å². The van der Waals surface area contributed by atoms with Gasteiger partial charge in [-0.3, -0.25) is 4.99 Å². The van der Waals surface area contributed by atoms with Crippen LogP contribution in [0.2, 0.25) is 0 Å². The van der Waals surface area contributed by atoms with Crippen LogP contribution in [0.5, 0.6) is 0 Å². The van der Waals surface area contributed by atoms with E-state index in [0.29, 0.717) is 12.0 Å². The molecule has 1 aromatic rings. The summed E-state index contributed by atoms with van der Waals surface area (Å²) in [5, 5.41) is 4.57. The summed E-state index contributed by atoms with van der Waals surface area (Å²) < 4.78 is 0. The molecule has 2 nitrogen and oxygen atoms in total. The minimum absolute atomic E-state index is 0.423. The quantitative estimate of drug-likeness (QED) is 0.883. The lowest BCUT2D eigenvalue weighted by Crippen LogP contribution is -2.25. The zero-order chi connectivity index (χ0) is 13.0. The van der Waals surface area contributed by atoms with E-state index in [-0.39, 0.29) is 0 Å². The number of thioether (sulfide) groups is 1. The van der Waals surface area contributed by atoms with Gasteiger partial charge in [-0.2, -0.15) is 0 Å². The van der Waals surface area contributed by atoms with Crippen LogP contribution in [0.25, 0.3) is 0 Å². The molecule has 1 aromatic carbocycles. The summed E-state index contributed by atoms with van der Waals surface area (Å²) in [6, 6.07) is 8.97. The molecule has 0 saturated carbocycles. The van der Waals surface area contributed by atoms with Gasteiger partial charge in [-0.15, -0.1) is 0 Å². The van der Waals surface area contributed by atoms with Crippen LogP contribution < -0.4 is 5.32 Å². The molecule has 0 radical (unpaired) electrons. The molecular formula is C15H22N2S. The van der Waals surface area contributed by atoms with Crippen molar-refractivity contribution in [3.8, 4) is 0 Å². The standard InChI is InChI=1S/C15H22N2S/c1-4-7-13-8-5-6-9-14(13)17-15-16-12(3)11(2)10-18-15/h5-6,8-9,11-12H,4,7,10H2,1-3H3,(H,16,17). The molecule has 1 heterocycles. The van der Waals surface area contributed by atoms with Crippen LogP contribution in [0.3, 0.4) is 0 Å². The maximum Gasteiger partial charge on any atom is 0.161 e. The van der Waals surface area contributed by atoms with Gasteiger partial charge in [0.05, 0.1) is 6.04 Å². The normalized spacial score (nSPS) is 23.6. The molecule has 2 rings (SSSR count). The summed E-state index contributed by atoms with van der Waals surface area (Å²) in [5.41, 5.74) is 2.60. The van der Waals surface area contributed by atoms with E-state index in [1.54, 1.807) is 0 Å². The lowest BCUT2D eigenvalue weighted by Gasteiger charge is -2.24. The Morgan fingerprint density at radius 2 is 2.11 bits per heavy atom. The van der Waals surface area contributed by atoms with Gasteiger partial charge >= 0.3 is 0 Å². The Morgan fingerprint density at radius 1 is 1.33 bits per heavy atom. The summed E-state index contributed by atoms with van der Waals surface area (Å²) >= 11 is 1.84. The monoisotopic (exact) mass is 262 g/mol. The molecular weight excluding hydrogens is 240 g/mol. The van der Waals surface area contributed by atoms with Gasteiger partial charge in [-0.25, -0.2) is 0 Å². The SMILES string of the molecule is CCCc1ccccc1NC1=NC(C)C(C)CS1. The van der Waals surface area contributed by atoms with E-state index in [1.165, 1.54) is 17.7 Å². The van der Waals surface area contributed by atoms with Gasteiger partial charge in [-0.05, 0) is 30.9 Å². The van der Waals surface area contributed by atoms with Crippen LogP contribution in [-0.4, -0.2) is 17.0 Å². The first-order valence-corrected chi connectivity index (χ1v) is 7.74. The number of aryl methyl sites for hydroxylation is 1. The molecule has 0 spiro atoms. The molecule has 18 heavy (non-hydrogen) atoms. The fraction of sp³-hybridized carbons (Fsp3) is 0.533. The minimum Gasteiger partial charge on any atom is -0.335 e. The highest BCUT2D eigenvalue weighted by Gasteiger charge is 2.19. The Labute approximate surface area is 114 Å². The molecule has 0 saturated heterocycles. The third-order valence-corrected chi connectivity index (χ3v) is 4.58. The van der Waals surface area contributed by atoms with Crippen LogP contribution in [-0.2, 0) is 6.42 Å². The largest absolute Gasteiger partial charge is 0.335 e. The number of amidine groups is 1. The number of aliphatic imine (C=N–C) groups is 1. The molecule has 2 unspecified atom stereocenters. The van der Waals surface area contributed by atoms with E-state index in [1.807, 2.05) is 11.8 Å². The molecule has 0 amide bonds. The Bertz CT molecular complexity index is 428. The summed E-state index contributed by atoms with van der Waals surface area (Å²) in [5.74, 6) is 1.83. The third-order valence-electron chi connectivity index (χ3n) is 3.41. The molecule has 3 heteroatoms. The van der Waals surface area contributed by atoms with Crippen molar-refractivity contribution in [2.45, 2.75) is 39.7 Å². The van der Waals surface area contributed by atoms with E-state index >= 15 is 0 Å². The average molecular weight is 262 g/mol. The predicted octanol–water partition coefficient (Wildman–Crippen LogP) is 4.18. The predicted molar refractivity (Wildman–Crippen MR) is 82.6 cm³/mol. The first kappa shape index (κ1) is 13.5. The molecule has 98 valence electrons. The maximum absolute atomic E-state index is 4.73. The summed E-state index contributed by atoms with van der Waals surface area (Å²) in [7, 11) is 0. The molecule has 0 fully saturated rings. The molecule has 2 atom stereocenters. The third kappa shape index (κ3) is 3.29. The van der Waals surface area contributed by atoms with E-state index < -0.39 is 0 Å². The molecule has 1 aliphatic rings. The maximum atomic E-state index is 4.73. The zero-order valence-electron chi connectivity index (χ0n) is 11.4. The molecule has 0 aliphatic carbocycles. The first-order chi connectivity index (χ1) is 8.70. The van der Waals surface area contributed by atoms with Gasteiger partial charge < -0.3 is 5.32 Å². The van der Waals surface area contributed by atoms with Crippen molar-refractivity contribution in [2.24, 2.45) is 10.9 Å². The van der Waals surface area contributed by atoms with Crippen molar-refractivity contribution in [2.75, 3.05) is 11.1 Å². The number of rotatable bonds is 3. The molecule has 1 N–H and O–H groups in total. The van der Waals surface area contributed by atoms with Crippen LogP contribution in [0.4, 0.5) is 5.69 Å². The fourth-order valence-corrected chi connectivity index (χ4v) is 3.13. The smallest absolute Gasteiger partial charge is 0.161 e. The van der Waals surface area contributed by atoms with E-state index in [0.717, 1.165) is 17.3 Å². The Hall–Kier alpha value is -0.960. The van der Waals surface area contributed by atoms with Crippen molar-refractivity contribution in [1.82, 2.24) is 0 Å². The van der Waals surface area contributed by atoms with E-state index in [4.69, 9.17) is 4.99 Å². The number of nitrogens with zero attached hydrogens (tertiary/aromatic N) is 1. The number of anilines is 1.